The van der Waals surface area contributed by atoms with Crippen LogP contribution in [0.4, 0.5) is 0 Å². The van der Waals surface area contributed by atoms with Crippen LogP contribution in [0.1, 0.15) is 55.8 Å². The molecular weight excluding hydrogens is 494 g/mol. The molecule has 7 nitrogen and oxygen atoms in total. The number of carbonyl (C=O) groups is 2. The highest BCUT2D eigenvalue weighted by molar-refractivity contribution is 6.46. The molecule has 0 bridgehead atoms. The van der Waals surface area contributed by atoms with Gasteiger partial charge >= 0.3 is 0 Å². The molecule has 1 saturated heterocycles. The third kappa shape index (κ3) is 6.25. The minimum atomic E-state index is -0.820. The van der Waals surface area contributed by atoms with Crippen LogP contribution in [0.2, 0.25) is 0 Å². The molecule has 0 saturated carbocycles. The summed E-state index contributed by atoms with van der Waals surface area (Å²) in [6.07, 6.45) is 3.09. The number of unbranched alkanes of at least 4 members (excludes halogenated alkanes) is 2. The Morgan fingerprint density at radius 2 is 1.64 bits per heavy atom. The van der Waals surface area contributed by atoms with Gasteiger partial charge in [-0.25, -0.2) is 0 Å². The van der Waals surface area contributed by atoms with Gasteiger partial charge in [0.05, 0.1) is 31.9 Å². The summed E-state index contributed by atoms with van der Waals surface area (Å²) in [7, 11) is 1.55. The molecule has 1 N–H and O–H groups in total. The fourth-order valence-corrected chi connectivity index (χ4v) is 4.71. The molecule has 204 valence electrons. The van der Waals surface area contributed by atoms with Crippen molar-refractivity contribution >= 4 is 17.4 Å². The van der Waals surface area contributed by atoms with Crippen LogP contribution < -0.4 is 14.2 Å². The van der Waals surface area contributed by atoms with E-state index in [0.29, 0.717) is 41.6 Å². The first kappa shape index (κ1) is 27.8. The first-order chi connectivity index (χ1) is 19.0. The van der Waals surface area contributed by atoms with E-state index < -0.39 is 17.7 Å². The standard InChI is InChI=1S/C32H35NO6/c1-4-6-10-19-39-26-18-15-24(20-27(26)37-3)29-28(30(34)23-13-16-25(17-14-23)38-5-2)31(35)32(36)33(29)21-22-11-8-7-9-12-22/h7-9,11-18,20,29,34H,4-6,10,19,21H2,1-3H3. The Morgan fingerprint density at radius 3 is 2.31 bits per heavy atom. The van der Waals surface area contributed by atoms with Crippen LogP contribution in [0.5, 0.6) is 17.2 Å². The van der Waals surface area contributed by atoms with Crippen molar-refractivity contribution in [3.63, 3.8) is 0 Å². The summed E-state index contributed by atoms with van der Waals surface area (Å²) in [6.45, 7) is 5.30. The van der Waals surface area contributed by atoms with E-state index in [1.807, 2.05) is 43.3 Å². The maximum absolute atomic E-state index is 13.4. The highest BCUT2D eigenvalue weighted by Gasteiger charge is 2.46. The van der Waals surface area contributed by atoms with Crippen molar-refractivity contribution in [1.29, 1.82) is 0 Å². The van der Waals surface area contributed by atoms with Gasteiger partial charge in [0, 0.05) is 12.1 Å². The van der Waals surface area contributed by atoms with E-state index in [9.17, 15) is 14.7 Å². The van der Waals surface area contributed by atoms with Crippen molar-refractivity contribution in [3.05, 3.63) is 95.1 Å². The molecule has 7 heteroatoms. The van der Waals surface area contributed by atoms with Gasteiger partial charge in [-0.1, -0.05) is 56.2 Å². The molecule has 1 amide bonds. The zero-order valence-corrected chi connectivity index (χ0v) is 22.7. The van der Waals surface area contributed by atoms with Gasteiger partial charge < -0.3 is 24.2 Å². The fraction of sp³-hybridized carbons (Fsp3) is 0.312. The number of aliphatic hydroxyl groups excluding tert-OH is 1. The van der Waals surface area contributed by atoms with E-state index in [0.717, 1.165) is 24.8 Å². The topological polar surface area (TPSA) is 85.3 Å². The molecular formula is C32H35NO6. The smallest absolute Gasteiger partial charge is 0.295 e. The number of methoxy groups -OCH3 is 1. The van der Waals surface area contributed by atoms with Gasteiger partial charge in [0.15, 0.2) is 11.5 Å². The third-order valence-electron chi connectivity index (χ3n) is 6.68. The van der Waals surface area contributed by atoms with Gasteiger partial charge in [-0.2, -0.15) is 0 Å². The Hall–Kier alpha value is -4.26. The number of hydrogen-bond acceptors (Lipinski definition) is 6. The molecule has 1 aliphatic rings. The maximum Gasteiger partial charge on any atom is 0.295 e. The van der Waals surface area contributed by atoms with Crippen LogP contribution in [0.25, 0.3) is 5.76 Å². The monoisotopic (exact) mass is 529 g/mol. The normalized spacial score (nSPS) is 16.4. The summed E-state index contributed by atoms with van der Waals surface area (Å²) in [5.74, 6) is 0.0841. The predicted molar refractivity (Wildman–Crippen MR) is 150 cm³/mol. The average molecular weight is 530 g/mol. The number of amides is 1. The molecule has 3 aromatic carbocycles. The zero-order chi connectivity index (χ0) is 27.8. The van der Waals surface area contributed by atoms with Crippen LogP contribution >= 0.6 is 0 Å². The Labute approximate surface area is 229 Å². The average Bonchev–Trinajstić information content (AvgIpc) is 3.21. The van der Waals surface area contributed by atoms with Crippen LogP contribution in [-0.4, -0.2) is 42.0 Å². The summed E-state index contributed by atoms with van der Waals surface area (Å²) >= 11 is 0. The van der Waals surface area contributed by atoms with Crippen molar-refractivity contribution in [2.75, 3.05) is 20.3 Å². The molecule has 1 atom stereocenters. The molecule has 1 fully saturated rings. The van der Waals surface area contributed by atoms with Crippen LogP contribution in [0.3, 0.4) is 0 Å². The van der Waals surface area contributed by atoms with Gasteiger partial charge in [-0.15, -0.1) is 0 Å². The second-order valence-corrected chi connectivity index (χ2v) is 9.34. The maximum atomic E-state index is 13.4. The van der Waals surface area contributed by atoms with Gasteiger partial charge in [-0.3, -0.25) is 9.59 Å². The summed E-state index contributed by atoms with van der Waals surface area (Å²) in [5.41, 5.74) is 1.95. The van der Waals surface area contributed by atoms with Crippen molar-refractivity contribution in [2.45, 2.75) is 45.7 Å². The number of likely N-dealkylation sites (tertiary alicyclic amines) is 1. The molecule has 3 aromatic rings. The minimum Gasteiger partial charge on any atom is -0.507 e. The number of rotatable bonds is 12. The van der Waals surface area contributed by atoms with Crippen LogP contribution in [0, 0.1) is 0 Å². The second-order valence-electron chi connectivity index (χ2n) is 9.34. The fourth-order valence-electron chi connectivity index (χ4n) is 4.71. The molecule has 0 aliphatic carbocycles. The highest BCUT2D eigenvalue weighted by Crippen LogP contribution is 2.42. The summed E-state index contributed by atoms with van der Waals surface area (Å²) < 4.78 is 17.1. The summed E-state index contributed by atoms with van der Waals surface area (Å²) in [5, 5.41) is 11.4. The first-order valence-electron chi connectivity index (χ1n) is 13.3. The molecule has 39 heavy (non-hydrogen) atoms. The van der Waals surface area contributed by atoms with E-state index in [4.69, 9.17) is 14.2 Å². The first-order valence-corrected chi connectivity index (χ1v) is 13.3. The number of carbonyl (C=O) groups excluding carboxylic acids is 2. The lowest BCUT2D eigenvalue weighted by Gasteiger charge is -2.26. The number of ether oxygens (including phenoxy) is 3. The van der Waals surface area contributed by atoms with Crippen molar-refractivity contribution in [3.8, 4) is 17.2 Å². The van der Waals surface area contributed by atoms with Gasteiger partial charge in [0.25, 0.3) is 11.7 Å². The van der Waals surface area contributed by atoms with Gasteiger partial charge in [0.2, 0.25) is 0 Å². The molecule has 1 heterocycles. The van der Waals surface area contributed by atoms with Crippen molar-refractivity contribution in [1.82, 2.24) is 4.90 Å². The summed E-state index contributed by atoms with van der Waals surface area (Å²) in [6, 6.07) is 20.8. The van der Waals surface area contributed by atoms with E-state index in [-0.39, 0.29) is 17.9 Å². The van der Waals surface area contributed by atoms with Crippen LogP contribution in [0.15, 0.2) is 78.4 Å². The Balaban J connectivity index is 1.78. The van der Waals surface area contributed by atoms with Crippen molar-refractivity contribution < 1.29 is 28.9 Å². The molecule has 1 aliphatic heterocycles. The Bertz CT molecular complexity index is 1320. The molecule has 0 spiro atoms. The lowest BCUT2D eigenvalue weighted by Crippen LogP contribution is -2.29. The zero-order valence-electron chi connectivity index (χ0n) is 22.7. The van der Waals surface area contributed by atoms with E-state index in [1.54, 1.807) is 43.5 Å². The largest absolute Gasteiger partial charge is 0.507 e. The Kier molecular flexibility index (Phi) is 9.26. The lowest BCUT2D eigenvalue weighted by molar-refractivity contribution is -0.140. The number of aliphatic hydroxyl groups is 1. The lowest BCUT2D eigenvalue weighted by atomic mass is 9.94. The molecule has 4 rings (SSSR count). The molecule has 0 radical (unpaired) electrons. The number of ketones is 1. The molecule has 1 unspecified atom stereocenters. The van der Waals surface area contributed by atoms with E-state index >= 15 is 0 Å². The van der Waals surface area contributed by atoms with E-state index in [1.165, 1.54) is 4.90 Å². The number of Topliss-reactive ketones (excluding diaryl/α,β-unsaturated/α-hetero) is 1. The predicted octanol–water partition coefficient (Wildman–Crippen LogP) is 6.28. The minimum absolute atomic E-state index is 0.0266. The Morgan fingerprint density at radius 1 is 0.897 bits per heavy atom. The summed E-state index contributed by atoms with van der Waals surface area (Å²) in [4.78, 5) is 28.3. The van der Waals surface area contributed by atoms with Crippen LogP contribution in [-0.2, 0) is 16.1 Å². The quantitative estimate of drug-likeness (QED) is 0.129. The molecule has 0 aromatic heterocycles. The third-order valence-corrected chi connectivity index (χ3v) is 6.68. The van der Waals surface area contributed by atoms with E-state index in [2.05, 4.69) is 6.92 Å². The van der Waals surface area contributed by atoms with Gasteiger partial charge in [-0.05, 0) is 60.9 Å². The SMILES string of the molecule is CCCCCOc1ccc(C2C(=C(O)c3ccc(OCC)cc3)C(=O)C(=O)N2Cc2ccccc2)cc1OC. The number of nitrogens with zero attached hydrogens (tertiary/aromatic N) is 1. The highest BCUT2D eigenvalue weighted by atomic mass is 16.5. The second kappa shape index (κ2) is 13.0. The van der Waals surface area contributed by atoms with Crippen molar-refractivity contribution in [2.24, 2.45) is 0 Å². The van der Waals surface area contributed by atoms with Gasteiger partial charge in [0.1, 0.15) is 11.5 Å². The number of hydrogen-bond donors (Lipinski definition) is 1. The number of benzene rings is 3.